The van der Waals surface area contributed by atoms with Crippen LogP contribution >= 0.6 is 11.8 Å². The standard InChI is InChI=1S/C21H22FN3O2S/c1-3-12-25-20(27)18(13-19(26)23-16-10-8-15(22)9-11-16)28-21(25)24-17-7-5-4-6-14(17)2/h4-11,18H,3,12-13H2,1-2H3,(H,23,26)/t18-/m1/s1. The number of para-hydroxylation sites is 1. The van der Waals surface area contributed by atoms with Crippen molar-refractivity contribution in [3.05, 3.63) is 59.9 Å². The minimum absolute atomic E-state index is 0.0356. The van der Waals surface area contributed by atoms with Crippen molar-refractivity contribution in [2.24, 2.45) is 4.99 Å². The van der Waals surface area contributed by atoms with Gasteiger partial charge in [-0.25, -0.2) is 9.38 Å². The average Bonchev–Trinajstić information content (AvgIpc) is 2.94. The lowest BCUT2D eigenvalue weighted by atomic mass is 10.2. The number of carbonyl (C=O) groups excluding carboxylic acids is 2. The zero-order valence-corrected chi connectivity index (χ0v) is 16.6. The van der Waals surface area contributed by atoms with Gasteiger partial charge in [0.15, 0.2) is 5.17 Å². The number of halogens is 1. The summed E-state index contributed by atoms with van der Waals surface area (Å²) in [5.74, 6) is -0.758. The Morgan fingerprint density at radius 1 is 1.21 bits per heavy atom. The van der Waals surface area contributed by atoms with Gasteiger partial charge in [-0.3, -0.25) is 14.5 Å². The lowest BCUT2D eigenvalue weighted by Gasteiger charge is -2.15. The molecule has 1 aliphatic heterocycles. The Morgan fingerprint density at radius 3 is 2.61 bits per heavy atom. The molecule has 1 N–H and O–H groups in total. The van der Waals surface area contributed by atoms with Gasteiger partial charge in [0.1, 0.15) is 11.1 Å². The molecule has 1 aliphatic rings. The number of hydrogen-bond acceptors (Lipinski definition) is 4. The molecule has 2 aromatic rings. The summed E-state index contributed by atoms with van der Waals surface area (Å²) < 4.78 is 13.0. The van der Waals surface area contributed by atoms with Gasteiger partial charge in [-0.05, 0) is 49.2 Å². The van der Waals surface area contributed by atoms with Crippen molar-refractivity contribution >= 4 is 40.1 Å². The van der Waals surface area contributed by atoms with Gasteiger partial charge in [0.25, 0.3) is 0 Å². The van der Waals surface area contributed by atoms with Gasteiger partial charge in [-0.15, -0.1) is 0 Å². The van der Waals surface area contributed by atoms with Crippen LogP contribution in [0.3, 0.4) is 0 Å². The lowest BCUT2D eigenvalue weighted by molar-refractivity contribution is -0.128. The molecule has 1 heterocycles. The van der Waals surface area contributed by atoms with Crippen LogP contribution in [0.2, 0.25) is 0 Å². The lowest BCUT2D eigenvalue weighted by Crippen LogP contribution is -2.34. The van der Waals surface area contributed by atoms with E-state index in [1.54, 1.807) is 4.90 Å². The summed E-state index contributed by atoms with van der Waals surface area (Å²) >= 11 is 1.32. The maximum Gasteiger partial charge on any atom is 0.242 e. The summed E-state index contributed by atoms with van der Waals surface area (Å²) in [6.07, 6.45) is 0.835. The van der Waals surface area contributed by atoms with Crippen molar-refractivity contribution in [2.45, 2.75) is 31.9 Å². The number of amidine groups is 1. The molecule has 0 spiro atoms. The number of aryl methyl sites for hydroxylation is 1. The van der Waals surface area contributed by atoms with E-state index in [1.807, 2.05) is 38.1 Å². The fourth-order valence-corrected chi connectivity index (χ4v) is 4.04. The van der Waals surface area contributed by atoms with Crippen molar-refractivity contribution in [3.8, 4) is 0 Å². The monoisotopic (exact) mass is 399 g/mol. The second-order valence-corrected chi connectivity index (χ2v) is 7.71. The molecule has 0 saturated carbocycles. The second kappa shape index (κ2) is 9.01. The summed E-state index contributed by atoms with van der Waals surface area (Å²) in [5, 5.41) is 2.81. The van der Waals surface area contributed by atoms with E-state index in [2.05, 4.69) is 10.3 Å². The number of rotatable bonds is 6. The summed E-state index contributed by atoms with van der Waals surface area (Å²) in [6, 6.07) is 13.3. The van der Waals surface area contributed by atoms with E-state index in [1.165, 1.54) is 36.0 Å². The number of aliphatic imine (C=N–C) groups is 1. The van der Waals surface area contributed by atoms with Crippen molar-refractivity contribution in [1.29, 1.82) is 0 Å². The van der Waals surface area contributed by atoms with Crippen LogP contribution in [0.5, 0.6) is 0 Å². The molecule has 0 bridgehead atoms. The van der Waals surface area contributed by atoms with Gasteiger partial charge in [-0.2, -0.15) is 0 Å². The van der Waals surface area contributed by atoms with Gasteiger partial charge in [0.2, 0.25) is 11.8 Å². The summed E-state index contributed by atoms with van der Waals surface area (Å²) in [5.41, 5.74) is 2.34. The van der Waals surface area contributed by atoms with E-state index in [9.17, 15) is 14.0 Å². The van der Waals surface area contributed by atoms with E-state index < -0.39 is 5.25 Å². The van der Waals surface area contributed by atoms with E-state index in [0.29, 0.717) is 17.4 Å². The van der Waals surface area contributed by atoms with E-state index >= 15 is 0 Å². The van der Waals surface area contributed by atoms with E-state index in [0.717, 1.165) is 17.7 Å². The smallest absolute Gasteiger partial charge is 0.242 e. The predicted octanol–water partition coefficient (Wildman–Crippen LogP) is 4.50. The number of amides is 2. The van der Waals surface area contributed by atoms with Gasteiger partial charge >= 0.3 is 0 Å². The van der Waals surface area contributed by atoms with Crippen LogP contribution in [0, 0.1) is 12.7 Å². The van der Waals surface area contributed by atoms with Gasteiger partial charge in [-0.1, -0.05) is 36.9 Å². The van der Waals surface area contributed by atoms with E-state index in [4.69, 9.17) is 0 Å². The molecule has 3 rings (SSSR count). The Bertz CT molecular complexity index is 899. The van der Waals surface area contributed by atoms with Crippen molar-refractivity contribution in [1.82, 2.24) is 4.90 Å². The van der Waals surface area contributed by atoms with Crippen LogP contribution in [-0.4, -0.2) is 33.7 Å². The molecule has 1 atom stereocenters. The van der Waals surface area contributed by atoms with Crippen molar-refractivity contribution in [3.63, 3.8) is 0 Å². The van der Waals surface area contributed by atoms with Crippen LogP contribution in [0.4, 0.5) is 15.8 Å². The number of thioether (sulfide) groups is 1. The number of carbonyl (C=O) groups is 2. The second-order valence-electron chi connectivity index (χ2n) is 6.54. The number of benzene rings is 2. The molecule has 0 aromatic heterocycles. The molecule has 0 radical (unpaired) electrons. The molecule has 146 valence electrons. The Morgan fingerprint density at radius 2 is 1.93 bits per heavy atom. The highest BCUT2D eigenvalue weighted by Gasteiger charge is 2.38. The predicted molar refractivity (Wildman–Crippen MR) is 111 cm³/mol. The third-order valence-electron chi connectivity index (χ3n) is 4.30. The zero-order valence-electron chi connectivity index (χ0n) is 15.8. The van der Waals surface area contributed by atoms with Crippen LogP contribution in [0.1, 0.15) is 25.3 Å². The highest BCUT2D eigenvalue weighted by atomic mass is 32.2. The van der Waals surface area contributed by atoms with E-state index in [-0.39, 0.29) is 24.1 Å². The number of nitrogens with zero attached hydrogens (tertiary/aromatic N) is 2. The van der Waals surface area contributed by atoms with Crippen LogP contribution in [0.15, 0.2) is 53.5 Å². The fourth-order valence-electron chi connectivity index (χ4n) is 2.86. The zero-order chi connectivity index (χ0) is 20.1. The maximum atomic E-state index is 13.0. The maximum absolute atomic E-state index is 13.0. The van der Waals surface area contributed by atoms with Gasteiger partial charge in [0.05, 0.1) is 5.69 Å². The fraction of sp³-hybridized carbons (Fsp3) is 0.286. The molecular formula is C21H22FN3O2S. The summed E-state index contributed by atoms with van der Waals surface area (Å²) in [4.78, 5) is 31.5. The molecule has 2 amide bonds. The number of anilines is 1. The number of hydrogen-bond donors (Lipinski definition) is 1. The third-order valence-corrected chi connectivity index (χ3v) is 5.47. The molecule has 0 aliphatic carbocycles. The quantitative estimate of drug-likeness (QED) is 0.778. The molecular weight excluding hydrogens is 377 g/mol. The topological polar surface area (TPSA) is 61.8 Å². The Hall–Kier alpha value is -2.67. The molecule has 0 unspecified atom stereocenters. The molecule has 1 fully saturated rings. The highest BCUT2D eigenvalue weighted by Crippen LogP contribution is 2.32. The molecule has 7 heteroatoms. The van der Waals surface area contributed by atoms with Gasteiger partial charge < -0.3 is 5.32 Å². The highest BCUT2D eigenvalue weighted by molar-refractivity contribution is 8.15. The van der Waals surface area contributed by atoms with Crippen molar-refractivity contribution in [2.75, 3.05) is 11.9 Å². The summed E-state index contributed by atoms with van der Waals surface area (Å²) in [7, 11) is 0. The first-order chi connectivity index (χ1) is 13.5. The normalized spacial score (nSPS) is 18.0. The number of nitrogens with one attached hydrogen (secondary N) is 1. The first-order valence-corrected chi connectivity index (χ1v) is 10.0. The van der Waals surface area contributed by atoms with Crippen LogP contribution in [0.25, 0.3) is 0 Å². The minimum atomic E-state index is -0.519. The largest absolute Gasteiger partial charge is 0.326 e. The SMILES string of the molecule is CCCN1C(=O)[C@@H](CC(=O)Nc2ccc(F)cc2)SC1=Nc1ccccc1C. The minimum Gasteiger partial charge on any atom is -0.326 e. The summed E-state index contributed by atoms with van der Waals surface area (Å²) in [6.45, 7) is 4.53. The van der Waals surface area contributed by atoms with Crippen LogP contribution < -0.4 is 5.32 Å². The first kappa shape index (κ1) is 20.1. The third kappa shape index (κ3) is 4.78. The molecule has 28 heavy (non-hydrogen) atoms. The Kier molecular flexibility index (Phi) is 6.46. The van der Waals surface area contributed by atoms with Gasteiger partial charge in [0, 0.05) is 18.7 Å². The Labute approximate surface area is 168 Å². The Balaban J connectivity index is 1.73. The van der Waals surface area contributed by atoms with Crippen LogP contribution in [-0.2, 0) is 9.59 Å². The average molecular weight is 399 g/mol. The molecule has 2 aromatic carbocycles. The molecule has 1 saturated heterocycles. The first-order valence-electron chi connectivity index (χ1n) is 9.15. The molecule has 5 nitrogen and oxygen atoms in total. The van der Waals surface area contributed by atoms with Crippen molar-refractivity contribution < 1.29 is 14.0 Å².